The summed E-state index contributed by atoms with van der Waals surface area (Å²) < 4.78 is 4.69. The van der Waals surface area contributed by atoms with Crippen molar-refractivity contribution in [1.29, 1.82) is 0 Å². The van der Waals surface area contributed by atoms with E-state index in [1.807, 2.05) is 0 Å². The SMILES string of the molecule is CCOC(=O)/C=C\c1c(N)ncnc1Cl. The molecule has 0 saturated carbocycles. The van der Waals surface area contributed by atoms with Crippen LogP contribution in [0.1, 0.15) is 12.5 Å². The second-order valence-electron chi connectivity index (χ2n) is 2.55. The minimum absolute atomic E-state index is 0.197. The summed E-state index contributed by atoms with van der Waals surface area (Å²) in [5, 5.41) is 0.197. The number of halogens is 1. The molecule has 0 aromatic carbocycles. The van der Waals surface area contributed by atoms with Gasteiger partial charge in [0.1, 0.15) is 17.3 Å². The van der Waals surface area contributed by atoms with Crippen LogP contribution in [0.25, 0.3) is 6.08 Å². The molecule has 0 aliphatic heterocycles. The average molecular weight is 228 g/mol. The molecule has 1 rings (SSSR count). The topological polar surface area (TPSA) is 78.1 Å². The zero-order valence-electron chi connectivity index (χ0n) is 8.11. The van der Waals surface area contributed by atoms with Gasteiger partial charge in [0.2, 0.25) is 0 Å². The fraction of sp³-hybridized carbons (Fsp3) is 0.222. The first-order chi connectivity index (χ1) is 7.15. The molecule has 0 fully saturated rings. The monoisotopic (exact) mass is 227 g/mol. The van der Waals surface area contributed by atoms with E-state index in [-0.39, 0.29) is 11.0 Å². The average Bonchev–Trinajstić information content (AvgIpc) is 2.17. The maximum atomic E-state index is 11.0. The third-order valence-electron chi connectivity index (χ3n) is 1.54. The number of nitrogens with two attached hydrogens (primary N) is 1. The Bertz CT molecular complexity index is 373. The van der Waals surface area contributed by atoms with E-state index in [4.69, 9.17) is 22.1 Å². The summed E-state index contributed by atoms with van der Waals surface area (Å²) in [6.45, 7) is 2.04. The number of hydrogen-bond acceptors (Lipinski definition) is 5. The van der Waals surface area contributed by atoms with Gasteiger partial charge in [-0.3, -0.25) is 0 Å². The Hall–Kier alpha value is -1.62. The van der Waals surface area contributed by atoms with Gasteiger partial charge >= 0.3 is 5.97 Å². The summed E-state index contributed by atoms with van der Waals surface area (Å²) in [6.07, 6.45) is 3.90. The first kappa shape index (κ1) is 11.5. The van der Waals surface area contributed by atoms with Crippen LogP contribution in [-0.4, -0.2) is 22.5 Å². The molecular weight excluding hydrogens is 218 g/mol. The third kappa shape index (κ3) is 3.21. The Labute approximate surface area is 91.9 Å². The summed E-state index contributed by atoms with van der Waals surface area (Å²) in [6, 6.07) is 0. The highest BCUT2D eigenvalue weighted by Gasteiger charge is 2.04. The molecular formula is C9H10ClN3O2. The number of nitrogens with zero attached hydrogens (tertiary/aromatic N) is 2. The predicted molar refractivity (Wildman–Crippen MR) is 57.1 cm³/mol. The number of carbonyl (C=O) groups is 1. The highest BCUT2D eigenvalue weighted by Crippen LogP contribution is 2.18. The normalized spacial score (nSPS) is 10.5. The molecule has 0 aliphatic rings. The molecule has 0 atom stereocenters. The molecule has 0 saturated heterocycles. The van der Waals surface area contributed by atoms with E-state index in [1.54, 1.807) is 6.92 Å². The predicted octanol–water partition coefficient (Wildman–Crippen LogP) is 1.29. The van der Waals surface area contributed by atoms with E-state index in [1.165, 1.54) is 18.5 Å². The van der Waals surface area contributed by atoms with Crippen molar-refractivity contribution in [1.82, 2.24) is 9.97 Å². The Balaban J connectivity index is 2.84. The number of ether oxygens (including phenoxy) is 1. The van der Waals surface area contributed by atoms with Crippen LogP contribution < -0.4 is 5.73 Å². The summed E-state index contributed by atoms with van der Waals surface area (Å²) in [5.74, 6) is -0.243. The summed E-state index contributed by atoms with van der Waals surface area (Å²) in [4.78, 5) is 18.5. The molecule has 80 valence electrons. The first-order valence-electron chi connectivity index (χ1n) is 4.26. The Morgan fingerprint density at radius 3 is 3.00 bits per heavy atom. The standard InChI is InChI=1S/C9H10ClN3O2/c1-2-15-7(14)4-3-6-8(10)12-5-13-9(6)11/h3-5H,2H2,1H3,(H2,11,12,13)/b4-3-. The molecule has 15 heavy (non-hydrogen) atoms. The van der Waals surface area contributed by atoms with Crippen LogP contribution in [0.3, 0.4) is 0 Å². The summed E-state index contributed by atoms with van der Waals surface area (Å²) in [5.41, 5.74) is 5.95. The van der Waals surface area contributed by atoms with Crippen molar-refractivity contribution in [2.24, 2.45) is 0 Å². The van der Waals surface area contributed by atoms with Gasteiger partial charge in [-0.15, -0.1) is 0 Å². The molecule has 0 radical (unpaired) electrons. The molecule has 5 nitrogen and oxygen atoms in total. The van der Waals surface area contributed by atoms with E-state index in [2.05, 4.69) is 9.97 Å². The highest BCUT2D eigenvalue weighted by molar-refractivity contribution is 6.31. The number of nitrogen functional groups attached to an aromatic ring is 1. The second kappa shape index (κ2) is 5.31. The van der Waals surface area contributed by atoms with Gasteiger partial charge in [0.25, 0.3) is 0 Å². The van der Waals surface area contributed by atoms with Crippen molar-refractivity contribution >= 4 is 29.5 Å². The van der Waals surface area contributed by atoms with Gasteiger partial charge in [0.15, 0.2) is 0 Å². The van der Waals surface area contributed by atoms with Crippen molar-refractivity contribution in [3.63, 3.8) is 0 Å². The second-order valence-corrected chi connectivity index (χ2v) is 2.91. The highest BCUT2D eigenvalue weighted by atomic mass is 35.5. The Morgan fingerprint density at radius 2 is 2.40 bits per heavy atom. The van der Waals surface area contributed by atoms with Gasteiger partial charge in [-0.1, -0.05) is 11.6 Å². The Kier molecular flexibility index (Phi) is 4.05. The van der Waals surface area contributed by atoms with Crippen LogP contribution in [0.4, 0.5) is 5.82 Å². The number of anilines is 1. The number of carbonyl (C=O) groups excluding carboxylic acids is 1. The molecule has 1 aromatic rings. The van der Waals surface area contributed by atoms with E-state index >= 15 is 0 Å². The van der Waals surface area contributed by atoms with Gasteiger partial charge < -0.3 is 10.5 Å². The quantitative estimate of drug-likeness (QED) is 0.478. The first-order valence-corrected chi connectivity index (χ1v) is 4.63. The zero-order chi connectivity index (χ0) is 11.3. The van der Waals surface area contributed by atoms with Gasteiger partial charge in [0, 0.05) is 6.08 Å². The van der Waals surface area contributed by atoms with Crippen LogP contribution in [0.15, 0.2) is 12.4 Å². The maximum Gasteiger partial charge on any atom is 0.330 e. The molecule has 1 heterocycles. The fourth-order valence-electron chi connectivity index (χ4n) is 0.882. The smallest absolute Gasteiger partial charge is 0.330 e. The number of esters is 1. The maximum absolute atomic E-state index is 11.0. The lowest BCUT2D eigenvalue weighted by Gasteiger charge is -2.00. The molecule has 0 amide bonds. The number of hydrogen-bond donors (Lipinski definition) is 1. The summed E-state index contributed by atoms with van der Waals surface area (Å²) >= 11 is 5.76. The van der Waals surface area contributed by atoms with E-state index in [9.17, 15) is 4.79 Å². The minimum Gasteiger partial charge on any atom is -0.463 e. The molecule has 0 aliphatic carbocycles. The minimum atomic E-state index is -0.461. The van der Waals surface area contributed by atoms with Crippen molar-refractivity contribution in [3.05, 3.63) is 23.1 Å². The van der Waals surface area contributed by atoms with Gasteiger partial charge in [0.05, 0.1) is 12.2 Å². The summed E-state index contributed by atoms with van der Waals surface area (Å²) in [7, 11) is 0. The van der Waals surface area contributed by atoms with E-state index < -0.39 is 5.97 Å². The van der Waals surface area contributed by atoms with Gasteiger partial charge in [-0.05, 0) is 13.0 Å². The van der Waals surface area contributed by atoms with Crippen LogP contribution in [0.5, 0.6) is 0 Å². The van der Waals surface area contributed by atoms with Gasteiger partial charge in [-0.2, -0.15) is 0 Å². The lowest BCUT2D eigenvalue weighted by molar-refractivity contribution is -0.137. The van der Waals surface area contributed by atoms with Crippen molar-refractivity contribution in [2.75, 3.05) is 12.3 Å². The molecule has 1 aromatic heterocycles. The van der Waals surface area contributed by atoms with Crippen LogP contribution in [0, 0.1) is 0 Å². The lowest BCUT2D eigenvalue weighted by Crippen LogP contribution is -2.00. The lowest BCUT2D eigenvalue weighted by atomic mass is 10.3. The number of rotatable bonds is 3. The Morgan fingerprint density at radius 1 is 1.67 bits per heavy atom. The van der Waals surface area contributed by atoms with Crippen LogP contribution in [0.2, 0.25) is 5.15 Å². The molecule has 0 bridgehead atoms. The van der Waals surface area contributed by atoms with Gasteiger partial charge in [-0.25, -0.2) is 14.8 Å². The largest absolute Gasteiger partial charge is 0.463 e. The fourth-order valence-corrected chi connectivity index (χ4v) is 1.09. The third-order valence-corrected chi connectivity index (χ3v) is 1.84. The van der Waals surface area contributed by atoms with E-state index in [0.717, 1.165) is 0 Å². The van der Waals surface area contributed by atoms with E-state index in [0.29, 0.717) is 12.2 Å². The molecule has 2 N–H and O–H groups in total. The van der Waals surface area contributed by atoms with Crippen molar-refractivity contribution in [3.8, 4) is 0 Å². The van der Waals surface area contributed by atoms with Crippen molar-refractivity contribution in [2.45, 2.75) is 6.92 Å². The van der Waals surface area contributed by atoms with Crippen LogP contribution in [-0.2, 0) is 9.53 Å². The molecule has 0 unspecified atom stereocenters. The zero-order valence-corrected chi connectivity index (χ0v) is 8.86. The van der Waals surface area contributed by atoms with Crippen LogP contribution >= 0.6 is 11.6 Å². The number of aromatic nitrogens is 2. The molecule has 0 spiro atoms. The molecule has 6 heteroatoms. The van der Waals surface area contributed by atoms with Crippen molar-refractivity contribution < 1.29 is 9.53 Å².